The highest BCUT2D eigenvalue weighted by Crippen LogP contribution is 2.33. The second kappa shape index (κ2) is 7.55. The molecule has 0 N–H and O–H groups in total. The number of aromatic nitrogens is 1. The SMILES string of the molecule is Cc1cccc(-n2c3ccccc3c3ccccc3c3ccccc3c3ccccc32)c1. The van der Waals surface area contributed by atoms with Gasteiger partial charge in [0.15, 0.2) is 0 Å². The fourth-order valence-corrected chi connectivity index (χ4v) is 4.87. The van der Waals surface area contributed by atoms with E-state index in [1.807, 2.05) is 0 Å². The summed E-state index contributed by atoms with van der Waals surface area (Å²) in [5, 5.41) is 7.49. The second-order valence-corrected chi connectivity index (χ2v) is 8.30. The quantitative estimate of drug-likeness (QED) is 0.256. The summed E-state index contributed by atoms with van der Waals surface area (Å²) in [6.45, 7) is 2.15. The first-order valence-electron chi connectivity index (χ1n) is 11.1. The van der Waals surface area contributed by atoms with Crippen molar-refractivity contribution in [2.24, 2.45) is 0 Å². The smallest absolute Gasteiger partial charge is 0.0540 e. The molecule has 0 aliphatic rings. The normalized spacial score (nSPS) is 11.3. The minimum Gasteiger partial charge on any atom is -0.309 e. The number of rotatable bonds is 1. The summed E-state index contributed by atoms with van der Waals surface area (Å²) in [6, 6.07) is 43.8. The molecular weight excluding hydrogens is 386 g/mol. The molecule has 32 heavy (non-hydrogen) atoms. The summed E-state index contributed by atoms with van der Waals surface area (Å²) in [5.41, 5.74) is 4.79. The summed E-state index contributed by atoms with van der Waals surface area (Å²) in [4.78, 5) is 0. The zero-order valence-electron chi connectivity index (χ0n) is 18.0. The van der Waals surface area contributed by atoms with Crippen molar-refractivity contribution in [1.29, 1.82) is 0 Å². The van der Waals surface area contributed by atoms with Gasteiger partial charge in [-0.05, 0) is 58.3 Å². The topological polar surface area (TPSA) is 4.93 Å². The van der Waals surface area contributed by atoms with Crippen LogP contribution in [0.25, 0.3) is 49.0 Å². The molecule has 0 saturated heterocycles. The van der Waals surface area contributed by atoms with E-state index in [0.29, 0.717) is 0 Å². The lowest BCUT2D eigenvalue weighted by molar-refractivity contribution is 1.16. The van der Waals surface area contributed by atoms with Gasteiger partial charge in [0, 0.05) is 16.5 Å². The van der Waals surface area contributed by atoms with Gasteiger partial charge >= 0.3 is 0 Å². The fourth-order valence-electron chi connectivity index (χ4n) is 4.87. The number of fused-ring (bicyclic) bond motifs is 7. The lowest BCUT2D eigenvalue weighted by Gasteiger charge is -2.14. The van der Waals surface area contributed by atoms with Crippen molar-refractivity contribution in [2.45, 2.75) is 6.92 Å². The van der Waals surface area contributed by atoms with Crippen molar-refractivity contribution in [3.8, 4) is 5.69 Å². The molecule has 6 rings (SSSR count). The molecule has 0 bridgehead atoms. The van der Waals surface area contributed by atoms with E-state index in [4.69, 9.17) is 0 Å². The van der Waals surface area contributed by atoms with E-state index < -0.39 is 0 Å². The molecule has 152 valence electrons. The van der Waals surface area contributed by atoms with E-state index in [-0.39, 0.29) is 0 Å². The molecule has 5 aromatic carbocycles. The van der Waals surface area contributed by atoms with Gasteiger partial charge in [-0.1, -0.05) is 97.1 Å². The van der Waals surface area contributed by atoms with Crippen LogP contribution in [0.1, 0.15) is 5.56 Å². The van der Waals surface area contributed by atoms with Crippen molar-refractivity contribution in [3.63, 3.8) is 0 Å². The number of nitrogens with zero attached hydrogens (tertiary/aromatic N) is 1. The first-order chi connectivity index (χ1) is 15.8. The van der Waals surface area contributed by atoms with Crippen LogP contribution in [0, 0.1) is 6.92 Å². The molecule has 1 nitrogen and oxygen atoms in total. The van der Waals surface area contributed by atoms with Crippen LogP contribution in [-0.2, 0) is 0 Å². The molecule has 1 heterocycles. The minimum atomic E-state index is 1.17. The van der Waals surface area contributed by atoms with Crippen molar-refractivity contribution in [2.75, 3.05) is 0 Å². The van der Waals surface area contributed by atoms with Gasteiger partial charge in [0.1, 0.15) is 0 Å². The number of benzene rings is 5. The van der Waals surface area contributed by atoms with Crippen molar-refractivity contribution in [1.82, 2.24) is 4.57 Å². The van der Waals surface area contributed by atoms with Gasteiger partial charge in [0.25, 0.3) is 0 Å². The van der Waals surface area contributed by atoms with Crippen LogP contribution >= 0.6 is 0 Å². The van der Waals surface area contributed by atoms with E-state index >= 15 is 0 Å². The minimum absolute atomic E-state index is 1.17. The molecule has 0 unspecified atom stereocenters. The highest BCUT2D eigenvalue weighted by Gasteiger charge is 2.10. The average molecular weight is 410 g/mol. The molecule has 0 atom stereocenters. The van der Waals surface area contributed by atoms with Gasteiger partial charge in [-0.15, -0.1) is 0 Å². The molecule has 1 heteroatoms. The second-order valence-electron chi connectivity index (χ2n) is 8.30. The third-order valence-corrected chi connectivity index (χ3v) is 6.27. The van der Waals surface area contributed by atoms with E-state index in [9.17, 15) is 0 Å². The van der Waals surface area contributed by atoms with Gasteiger partial charge in [0.05, 0.1) is 11.0 Å². The predicted octanol–water partition coefficient (Wildman–Crippen LogP) is 8.52. The molecule has 0 fully saturated rings. The Hall–Kier alpha value is -4.10. The van der Waals surface area contributed by atoms with E-state index in [2.05, 4.69) is 133 Å². The molecule has 6 aromatic rings. The summed E-state index contributed by atoms with van der Waals surface area (Å²) < 4.78 is 2.41. The Balaban J connectivity index is 2.06. The largest absolute Gasteiger partial charge is 0.309 e. The Morgan fingerprint density at radius 2 is 0.812 bits per heavy atom. The molecule has 0 amide bonds. The zero-order valence-corrected chi connectivity index (χ0v) is 18.0. The number of aryl methyl sites for hydroxylation is 1. The molecular formula is C31H23N. The average Bonchev–Trinajstić information content (AvgIpc) is 2.89. The summed E-state index contributed by atoms with van der Waals surface area (Å²) in [6.07, 6.45) is 0. The number of para-hydroxylation sites is 2. The van der Waals surface area contributed by atoms with Crippen LogP contribution in [0.5, 0.6) is 0 Å². The fraction of sp³-hybridized carbons (Fsp3) is 0.0323. The van der Waals surface area contributed by atoms with Crippen LogP contribution in [0.15, 0.2) is 121 Å². The first kappa shape index (κ1) is 18.7. The standard InChI is InChI=1S/C31H23N/c1-22-11-10-12-23(21-22)32-30-19-8-6-17-28(30)26-15-4-2-13-24(26)25-14-3-5-16-27(25)29-18-7-9-20-31(29)32/h2-21H,1H3. The highest BCUT2D eigenvalue weighted by molar-refractivity contribution is 6.19. The van der Waals surface area contributed by atoms with Crippen LogP contribution in [0.2, 0.25) is 0 Å². The van der Waals surface area contributed by atoms with Gasteiger partial charge in [-0.2, -0.15) is 0 Å². The first-order valence-corrected chi connectivity index (χ1v) is 11.1. The maximum absolute atomic E-state index is 2.41. The molecule has 0 aliphatic carbocycles. The summed E-state index contributed by atoms with van der Waals surface area (Å²) in [7, 11) is 0. The highest BCUT2D eigenvalue weighted by atomic mass is 15.0. The van der Waals surface area contributed by atoms with E-state index in [1.54, 1.807) is 0 Å². The molecule has 0 aliphatic heterocycles. The molecule has 0 spiro atoms. The van der Waals surface area contributed by atoms with Crippen LogP contribution in [0.3, 0.4) is 0 Å². The Morgan fingerprint density at radius 3 is 1.28 bits per heavy atom. The van der Waals surface area contributed by atoms with Crippen LogP contribution in [-0.4, -0.2) is 4.57 Å². The number of hydrogen-bond donors (Lipinski definition) is 0. The third-order valence-electron chi connectivity index (χ3n) is 6.27. The van der Waals surface area contributed by atoms with Gasteiger partial charge in [-0.25, -0.2) is 0 Å². The predicted molar refractivity (Wildman–Crippen MR) is 138 cm³/mol. The molecule has 0 saturated carbocycles. The van der Waals surface area contributed by atoms with Crippen molar-refractivity contribution < 1.29 is 0 Å². The van der Waals surface area contributed by atoms with Gasteiger partial charge in [-0.3, -0.25) is 0 Å². The Morgan fingerprint density at radius 1 is 0.406 bits per heavy atom. The third kappa shape index (κ3) is 2.94. The van der Waals surface area contributed by atoms with Gasteiger partial charge in [0.2, 0.25) is 0 Å². The maximum atomic E-state index is 2.41. The van der Waals surface area contributed by atoms with Crippen molar-refractivity contribution >= 4 is 43.4 Å². The molecule has 0 radical (unpaired) electrons. The lowest BCUT2D eigenvalue weighted by atomic mass is 10.0. The maximum Gasteiger partial charge on any atom is 0.0540 e. The Labute approximate surface area is 187 Å². The van der Waals surface area contributed by atoms with Crippen LogP contribution < -0.4 is 0 Å². The number of hydrogen-bond acceptors (Lipinski definition) is 0. The van der Waals surface area contributed by atoms with Crippen molar-refractivity contribution in [3.05, 3.63) is 127 Å². The zero-order chi connectivity index (χ0) is 21.5. The van der Waals surface area contributed by atoms with Gasteiger partial charge < -0.3 is 4.57 Å². The monoisotopic (exact) mass is 409 g/mol. The summed E-state index contributed by atoms with van der Waals surface area (Å²) in [5.74, 6) is 0. The van der Waals surface area contributed by atoms with E-state index in [1.165, 1.54) is 54.6 Å². The van der Waals surface area contributed by atoms with Crippen LogP contribution in [0.4, 0.5) is 0 Å². The lowest BCUT2D eigenvalue weighted by Crippen LogP contribution is -1.98. The Bertz CT molecular complexity index is 1580. The van der Waals surface area contributed by atoms with E-state index in [0.717, 1.165) is 0 Å². The summed E-state index contributed by atoms with van der Waals surface area (Å²) >= 11 is 0. The molecule has 1 aromatic heterocycles. The Kier molecular flexibility index (Phi) is 4.40.